The number of aromatic nitrogens is 1. The summed E-state index contributed by atoms with van der Waals surface area (Å²) < 4.78 is 0. The van der Waals surface area contributed by atoms with Crippen molar-refractivity contribution in [3.05, 3.63) is 16.6 Å². The summed E-state index contributed by atoms with van der Waals surface area (Å²) in [5.74, 6) is -0.0139. The van der Waals surface area contributed by atoms with Crippen LogP contribution in [0.2, 0.25) is 0 Å². The smallest absolute Gasteiger partial charge is 0.315 e. The predicted molar refractivity (Wildman–Crippen MR) is 77.5 cm³/mol. The lowest BCUT2D eigenvalue weighted by Crippen LogP contribution is -2.43. The van der Waals surface area contributed by atoms with E-state index in [2.05, 4.69) is 15.6 Å². The van der Waals surface area contributed by atoms with Crippen molar-refractivity contribution in [2.24, 2.45) is 0 Å². The first-order valence-corrected chi connectivity index (χ1v) is 7.80. The number of thiazole rings is 1. The minimum atomic E-state index is -0.320. The Morgan fingerprint density at radius 1 is 1.45 bits per heavy atom. The van der Waals surface area contributed by atoms with Crippen LogP contribution in [0.4, 0.5) is 4.79 Å². The number of hydrogen-bond donors (Lipinski definition) is 2. The molecule has 7 heteroatoms. The molecule has 2 heterocycles. The molecule has 3 amide bonds. The van der Waals surface area contributed by atoms with Crippen LogP contribution in [0, 0.1) is 0 Å². The average molecular weight is 296 g/mol. The van der Waals surface area contributed by atoms with Crippen molar-refractivity contribution in [3.63, 3.8) is 0 Å². The fourth-order valence-electron chi connectivity index (χ4n) is 2.19. The number of hydrogen-bond acceptors (Lipinski definition) is 4. The number of amides is 3. The number of urea groups is 1. The molecule has 0 radical (unpaired) electrons. The first-order valence-electron chi connectivity index (χ1n) is 6.92. The van der Waals surface area contributed by atoms with Gasteiger partial charge in [0, 0.05) is 24.7 Å². The Hall–Kier alpha value is -1.63. The van der Waals surface area contributed by atoms with Crippen molar-refractivity contribution in [2.75, 3.05) is 19.6 Å². The van der Waals surface area contributed by atoms with Gasteiger partial charge in [-0.1, -0.05) is 6.92 Å². The maximum absolute atomic E-state index is 11.8. The maximum Gasteiger partial charge on any atom is 0.315 e. The minimum absolute atomic E-state index is 0.0139. The molecule has 0 saturated carbocycles. The molecule has 1 aromatic heterocycles. The number of carbonyl (C=O) groups excluding carboxylic acids is 2. The molecule has 1 aromatic rings. The van der Waals surface area contributed by atoms with Gasteiger partial charge in [-0.2, -0.15) is 0 Å². The van der Waals surface area contributed by atoms with Crippen molar-refractivity contribution in [1.29, 1.82) is 0 Å². The Kier molecular flexibility index (Phi) is 5.34. The second kappa shape index (κ2) is 7.23. The summed E-state index contributed by atoms with van der Waals surface area (Å²) in [6, 6.07) is -0.420. The van der Waals surface area contributed by atoms with E-state index in [0.29, 0.717) is 0 Å². The molecule has 6 nitrogen and oxygen atoms in total. The topological polar surface area (TPSA) is 74.3 Å². The van der Waals surface area contributed by atoms with Gasteiger partial charge in [0.1, 0.15) is 5.01 Å². The molecular formula is C13H20N4O2S. The minimum Gasteiger partial charge on any atom is -0.341 e. The molecule has 0 unspecified atom stereocenters. The zero-order chi connectivity index (χ0) is 14.4. The largest absolute Gasteiger partial charge is 0.341 e. The van der Waals surface area contributed by atoms with Gasteiger partial charge in [-0.25, -0.2) is 9.78 Å². The van der Waals surface area contributed by atoms with Crippen LogP contribution in [0.1, 0.15) is 37.2 Å². The third kappa shape index (κ3) is 3.93. The second-order valence-electron chi connectivity index (χ2n) is 4.75. The summed E-state index contributed by atoms with van der Waals surface area (Å²) in [7, 11) is 0. The van der Waals surface area contributed by atoms with E-state index in [1.807, 2.05) is 12.3 Å². The van der Waals surface area contributed by atoms with Crippen molar-refractivity contribution >= 4 is 23.3 Å². The molecule has 2 rings (SSSR count). The average Bonchev–Trinajstić information content (AvgIpc) is 3.14. The summed E-state index contributed by atoms with van der Waals surface area (Å²) in [6.45, 7) is 3.65. The van der Waals surface area contributed by atoms with E-state index in [4.69, 9.17) is 0 Å². The lowest BCUT2D eigenvalue weighted by atomic mass is 10.2. The molecule has 0 aromatic carbocycles. The Labute approximate surface area is 122 Å². The van der Waals surface area contributed by atoms with E-state index in [-0.39, 0.29) is 24.5 Å². The first-order chi connectivity index (χ1) is 9.70. The molecule has 0 spiro atoms. The van der Waals surface area contributed by atoms with Gasteiger partial charge in [0.15, 0.2) is 0 Å². The number of likely N-dealkylation sites (tertiary alicyclic amines) is 1. The Morgan fingerprint density at radius 3 is 2.80 bits per heavy atom. The molecular weight excluding hydrogens is 276 g/mol. The highest BCUT2D eigenvalue weighted by molar-refractivity contribution is 7.09. The number of rotatable bonds is 5. The van der Waals surface area contributed by atoms with Gasteiger partial charge in [0.05, 0.1) is 12.6 Å². The van der Waals surface area contributed by atoms with Gasteiger partial charge in [0.25, 0.3) is 0 Å². The SMILES string of the molecule is CC[C@@H](NC(=O)NCC(=O)N1CCCC1)c1nccs1. The summed E-state index contributed by atoms with van der Waals surface area (Å²) in [4.78, 5) is 29.6. The van der Waals surface area contributed by atoms with E-state index in [0.717, 1.165) is 37.4 Å². The van der Waals surface area contributed by atoms with Gasteiger partial charge in [-0.3, -0.25) is 4.79 Å². The van der Waals surface area contributed by atoms with Crippen LogP contribution in [0.25, 0.3) is 0 Å². The molecule has 1 aliphatic heterocycles. The van der Waals surface area contributed by atoms with Gasteiger partial charge in [-0.05, 0) is 19.3 Å². The quantitative estimate of drug-likeness (QED) is 0.865. The van der Waals surface area contributed by atoms with Crippen molar-refractivity contribution < 1.29 is 9.59 Å². The molecule has 0 bridgehead atoms. The van der Waals surface area contributed by atoms with E-state index in [1.54, 1.807) is 11.1 Å². The van der Waals surface area contributed by atoms with E-state index >= 15 is 0 Å². The van der Waals surface area contributed by atoms with Crippen LogP contribution < -0.4 is 10.6 Å². The molecule has 1 aliphatic rings. The number of nitrogens with zero attached hydrogens (tertiary/aromatic N) is 2. The highest BCUT2D eigenvalue weighted by Gasteiger charge is 2.19. The van der Waals surface area contributed by atoms with Gasteiger partial charge >= 0.3 is 6.03 Å². The van der Waals surface area contributed by atoms with Crippen molar-refractivity contribution in [3.8, 4) is 0 Å². The fourth-order valence-corrected chi connectivity index (χ4v) is 2.96. The van der Waals surface area contributed by atoms with E-state index in [9.17, 15) is 9.59 Å². The summed E-state index contributed by atoms with van der Waals surface area (Å²) in [5, 5.41) is 8.23. The normalized spacial score (nSPS) is 15.9. The lowest BCUT2D eigenvalue weighted by molar-refractivity contribution is -0.128. The molecule has 1 saturated heterocycles. The van der Waals surface area contributed by atoms with Crippen LogP contribution in [0.3, 0.4) is 0 Å². The highest BCUT2D eigenvalue weighted by Crippen LogP contribution is 2.18. The Bertz CT molecular complexity index is 443. The summed E-state index contributed by atoms with van der Waals surface area (Å²) in [6.07, 6.45) is 4.60. The Morgan fingerprint density at radius 2 is 2.20 bits per heavy atom. The number of nitrogens with one attached hydrogen (secondary N) is 2. The van der Waals surface area contributed by atoms with Crippen molar-refractivity contribution in [1.82, 2.24) is 20.5 Å². The van der Waals surface area contributed by atoms with Gasteiger partial charge in [-0.15, -0.1) is 11.3 Å². The van der Waals surface area contributed by atoms with Crippen LogP contribution in [0.5, 0.6) is 0 Å². The third-order valence-electron chi connectivity index (χ3n) is 3.32. The molecule has 0 aliphatic carbocycles. The van der Waals surface area contributed by atoms with Crippen molar-refractivity contribution in [2.45, 2.75) is 32.2 Å². The lowest BCUT2D eigenvalue weighted by Gasteiger charge is -2.17. The molecule has 110 valence electrons. The van der Waals surface area contributed by atoms with Crippen LogP contribution in [-0.2, 0) is 4.79 Å². The zero-order valence-corrected chi connectivity index (χ0v) is 12.4. The van der Waals surface area contributed by atoms with E-state index in [1.165, 1.54) is 11.3 Å². The highest BCUT2D eigenvalue weighted by atomic mass is 32.1. The molecule has 1 atom stereocenters. The molecule has 20 heavy (non-hydrogen) atoms. The standard InChI is InChI=1S/C13H20N4O2S/c1-2-10(12-14-5-8-20-12)16-13(19)15-9-11(18)17-6-3-4-7-17/h5,8,10H,2-4,6-7,9H2,1H3,(H2,15,16,19)/t10-/m1/s1. The number of carbonyl (C=O) groups is 2. The summed E-state index contributed by atoms with van der Waals surface area (Å²) in [5.41, 5.74) is 0. The summed E-state index contributed by atoms with van der Waals surface area (Å²) >= 11 is 1.51. The predicted octanol–water partition coefficient (Wildman–Crippen LogP) is 1.52. The Balaban J connectivity index is 1.75. The van der Waals surface area contributed by atoms with Crippen LogP contribution in [0.15, 0.2) is 11.6 Å². The third-order valence-corrected chi connectivity index (χ3v) is 4.21. The maximum atomic E-state index is 11.8. The first kappa shape index (κ1) is 14.8. The van der Waals surface area contributed by atoms with Crippen LogP contribution >= 0.6 is 11.3 Å². The second-order valence-corrected chi connectivity index (χ2v) is 5.67. The monoisotopic (exact) mass is 296 g/mol. The van der Waals surface area contributed by atoms with Gasteiger partial charge < -0.3 is 15.5 Å². The van der Waals surface area contributed by atoms with Crippen LogP contribution in [-0.4, -0.2) is 41.5 Å². The van der Waals surface area contributed by atoms with Gasteiger partial charge in [0.2, 0.25) is 5.91 Å². The molecule has 1 fully saturated rings. The fraction of sp³-hybridized carbons (Fsp3) is 0.615. The molecule has 2 N–H and O–H groups in total. The van der Waals surface area contributed by atoms with E-state index < -0.39 is 0 Å². The zero-order valence-electron chi connectivity index (χ0n) is 11.6.